The summed E-state index contributed by atoms with van der Waals surface area (Å²) in [6.45, 7) is 0.375. The summed E-state index contributed by atoms with van der Waals surface area (Å²) in [7, 11) is 1.57. The molecule has 0 saturated heterocycles. The highest BCUT2D eigenvalue weighted by atomic mass is 16.5. The number of methoxy groups -OCH3 is 1. The van der Waals surface area contributed by atoms with E-state index in [1.54, 1.807) is 13.2 Å². The molecule has 72 valence electrons. The summed E-state index contributed by atoms with van der Waals surface area (Å²) in [4.78, 5) is 0. The van der Waals surface area contributed by atoms with Crippen LogP contribution in [0.2, 0.25) is 0 Å². The van der Waals surface area contributed by atoms with Crippen molar-refractivity contribution in [1.82, 2.24) is 0 Å². The normalized spacial score (nSPS) is 12.5. The number of hydrogen-bond donors (Lipinski definition) is 3. The van der Waals surface area contributed by atoms with E-state index in [1.165, 1.54) is 0 Å². The highest BCUT2D eigenvalue weighted by Gasteiger charge is 2.11. The lowest BCUT2D eigenvalue weighted by Gasteiger charge is -2.15. The molecule has 0 spiro atoms. The molecule has 13 heavy (non-hydrogen) atoms. The molecule has 0 fully saturated rings. The first kappa shape index (κ1) is 9.83. The van der Waals surface area contributed by atoms with Crippen LogP contribution in [0, 0.1) is 0 Å². The SMILES string of the molecule is COc1c(N)cccc1[C@H](N)CN. The van der Waals surface area contributed by atoms with Crippen LogP contribution in [0.5, 0.6) is 5.75 Å². The molecule has 4 nitrogen and oxygen atoms in total. The molecule has 0 aliphatic rings. The van der Waals surface area contributed by atoms with Gasteiger partial charge >= 0.3 is 0 Å². The van der Waals surface area contributed by atoms with Crippen molar-refractivity contribution in [1.29, 1.82) is 0 Å². The summed E-state index contributed by atoms with van der Waals surface area (Å²) in [5, 5.41) is 0. The number of rotatable bonds is 3. The molecule has 4 heteroatoms. The third-order valence-corrected chi connectivity index (χ3v) is 1.93. The molecule has 0 bridgehead atoms. The van der Waals surface area contributed by atoms with Gasteiger partial charge in [0.05, 0.1) is 12.8 Å². The van der Waals surface area contributed by atoms with Gasteiger partial charge in [0, 0.05) is 18.2 Å². The summed E-state index contributed by atoms with van der Waals surface area (Å²) in [6.07, 6.45) is 0. The number of para-hydroxylation sites is 1. The first-order chi connectivity index (χ1) is 6.20. The Balaban J connectivity index is 3.12. The molecule has 1 aromatic carbocycles. The number of benzene rings is 1. The number of anilines is 1. The Morgan fingerprint density at radius 3 is 2.69 bits per heavy atom. The molecule has 0 radical (unpaired) electrons. The van der Waals surface area contributed by atoms with Crippen molar-refractivity contribution in [3.8, 4) is 5.75 Å². The number of ether oxygens (including phenoxy) is 1. The lowest BCUT2D eigenvalue weighted by Crippen LogP contribution is -2.21. The van der Waals surface area contributed by atoms with Gasteiger partial charge in [-0.3, -0.25) is 0 Å². The van der Waals surface area contributed by atoms with Crippen LogP contribution in [0.1, 0.15) is 11.6 Å². The van der Waals surface area contributed by atoms with Gasteiger partial charge in [-0.15, -0.1) is 0 Å². The fourth-order valence-corrected chi connectivity index (χ4v) is 1.23. The fraction of sp³-hybridized carbons (Fsp3) is 0.333. The topological polar surface area (TPSA) is 87.3 Å². The number of nitrogens with two attached hydrogens (primary N) is 3. The highest BCUT2D eigenvalue weighted by molar-refractivity contribution is 5.57. The molecular formula is C9H15N3O. The molecule has 0 aromatic heterocycles. The van der Waals surface area contributed by atoms with E-state index in [2.05, 4.69) is 0 Å². The van der Waals surface area contributed by atoms with E-state index in [1.807, 2.05) is 12.1 Å². The lowest BCUT2D eigenvalue weighted by molar-refractivity contribution is 0.408. The molecule has 0 heterocycles. The van der Waals surface area contributed by atoms with Crippen molar-refractivity contribution in [2.75, 3.05) is 19.4 Å². The maximum absolute atomic E-state index is 5.78. The van der Waals surface area contributed by atoms with Gasteiger partial charge in [-0.25, -0.2) is 0 Å². The van der Waals surface area contributed by atoms with Gasteiger partial charge in [0.25, 0.3) is 0 Å². The third kappa shape index (κ3) is 1.91. The molecule has 0 unspecified atom stereocenters. The Labute approximate surface area is 77.7 Å². The fourth-order valence-electron chi connectivity index (χ4n) is 1.23. The monoisotopic (exact) mass is 181 g/mol. The van der Waals surface area contributed by atoms with Gasteiger partial charge in [-0.05, 0) is 6.07 Å². The van der Waals surface area contributed by atoms with Crippen molar-refractivity contribution >= 4 is 5.69 Å². The van der Waals surface area contributed by atoms with Crippen LogP contribution in [-0.2, 0) is 0 Å². The van der Waals surface area contributed by atoms with Gasteiger partial charge in [0.1, 0.15) is 5.75 Å². The van der Waals surface area contributed by atoms with Gasteiger partial charge in [0.2, 0.25) is 0 Å². The largest absolute Gasteiger partial charge is 0.494 e. The van der Waals surface area contributed by atoms with Crippen LogP contribution in [-0.4, -0.2) is 13.7 Å². The van der Waals surface area contributed by atoms with Gasteiger partial charge in [-0.2, -0.15) is 0 Å². The number of hydrogen-bond acceptors (Lipinski definition) is 4. The second kappa shape index (κ2) is 4.11. The standard InChI is InChI=1S/C9H15N3O/c1-13-9-6(8(12)5-10)3-2-4-7(9)11/h2-4,8H,5,10-12H2,1H3/t8-/m1/s1. The van der Waals surface area contributed by atoms with Crippen molar-refractivity contribution < 1.29 is 4.74 Å². The van der Waals surface area contributed by atoms with E-state index >= 15 is 0 Å². The van der Waals surface area contributed by atoms with E-state index in [4.69, 9.17) is 21.9 Å². The van der Waals surface area contributed by atoms with Gasteiger partial charge in [0.15, 0.2) is 0 Å². The highest BCUT2D eigenvalue weighted by Crippen LogP contribution is 2.29. The van der Waals surface area contributed by atoms with Crippen LogP contribution in [0.4, 0.5) is 5.69 Å². The lowest BCUT2D eigenvalue weighted by atomic mass is 10.1. The van der Waals surface area contributed by atoms with Crippen LogP contribution in [0.3, 0.4) is 0 Å². The van der Waals surface area contributed by atoms with E-state index in [0.717, 1.165) is 5.56 Å². The molecule has 1 atom stereocenters. The summed E-state index contributed by atoms with van der Waals surface area (Å²) in [6, 6.07) is 5.25. The van der Waals surface area contributed by atoms with Crippen molar-refractivity contribution in [2.24, 2.45) is 11.5 Å². The first-order valence-corrected chi connectivity index (χ1v) is 4.08. The first-order valence-electron chi connectivity index (χ1n) is 4.08. The molecule has 0 aliphatic carbocycles. The van der Waals surface area contributed by atoms with Crippen LogP contribution >= 0.6 is 0 Å². The van der Waals surface area contributed by atoms with Crippen LogP contribution in [0.15, 0.2) is 18.2 Å². The molecule has 1 aromatic rings. The third-order valence-electron chi connectivity index (χ3n) is 1.93. The Bertz CT molecular complexity index is 288. The molecule has 6 N–H and O–H groups in total. The van der Waals surface area contributed by atoms with E-state index < -0.39 is 0 Å². The molecule has 0 saturated carbocycles. The Morgan fingerprint density at radius 1 is 1.46 bits per heavy atom. The minimum atomic E-state index is -0.224. The summed E-state index contributed by atoms with van der Waals surface area (Å²) < 4.78 is 5.14. The molecule has 0 aliphatic heterocycles. The van der Waals surface area contributed by atoms with Crippen molar-refractivity contribution in [3.63, 3.8) is 0 Å². The maximum Gasteiger partial charge on any atom is 0.146 e. The minimum Gasteiger partial charge on any atom is -0.494 e. The maximum atomic E-state index is 5.78. The van der Waals surface area contributed by atoms with Crippen molar-refractivity contribution in [2.45, 2.75) is 6.04 Å². The summed E-state index contributed by atoms with van der Waals surface area (Å²) in [5.74, 6) is 0.625. The average molecular weight is 181 g/mol. The zero-order valence-electron chi connectivity index (χ0n) is 7.66. The Kier molecular flexibility index (Phi) is 3.11. The quantitative estimate of drug-likeness (QED) is 0.583. The van der Waals surface area contributed by atoms with Crippen LogP contribution < -0.4 is 21.9 Å². The van der Waals surface area contributed by atoms with E-state index in [9.17, 15) is 0 Å². The second-order valence-electron chi connectivity index (χ2n) is 2.81. The van der Waals surface area contributed by atoms with E-state index in [0.29, 0.717) is 18.0 Å². The smallest absolute Gasteiger partial charge is 0.146 e. The predicted molar refractivity (Wildman–Crippen MR) is 53.4 cm³/mol. The van der Waals surface area contributed by atoms with Crippen LogP contribution in [0.25, 0.3) is 0 Å². The number of nitrogen functional groups attached to an aromatic ring is 1. The van der Waals surface area contributed by atoms with E-state index in [-0.39, 0.29) is 6.04 Å². The zero-order valence-corrected chi connectivity index (χ0v) is 7.66. The molecule has 1 rings (SSSR count). The summed E-state index contributed by atoms with van der Waals surface area (Å²) in [5.41, 5.74) is 18.4. The molecular weight excluding hydrogens is 166 g/mol. The van der Waals surface area contributed by atoms with Gasteiger partial charge < -0.3 is 21.9 Å². The molecule has 0 amide bonds. The average Bonchev–Trinajstić information content (AvgIpc) is 2.16. The zero-order chi connectivity index (χ0) is 9.84. The summed E-state index contributed by atoms with van der Waals surface area (Å²) >= 11 is 0. The Morgan fingerprint density at radius 2 is 2.15 bits per heavy atom. The Hall–Kier alpha value is -1.26. The predicted octanol–water partition coefficient (Wildman–Crippen LogP) is 0.236. The van der Waals surface area contributed by atoms with Gasteiger partial charge in [-0.1, -0.05) is 12.1 Å². The van der Waals surface area contributed by atoms with Crippen molar-refractivity contribution in [3.05, 3.63) is 23.8 Å². The second-order valence-corrected chi connectivity index (χ2v) is 2.81. The minimum absolute atomic E-state index is 0.224.